The van der Waals surface area contributed by atoms with Crippen LogP contribution >= 0.6 is 0 Å². The highest BCUT2D eigenvalue weighted by atomic mass is 16.7. The Balaban J connectivity index is 1.73. The van der Waals surface area contributed by atoms with Gasteiger partial charge in [0.25, 0.3) is 0 Å². The van der Waals surface area contributed by atoms with Crippen molar-refractivity contribution >= 4 is 23.1 Å². The average Bonchev–Trinajstić information content (AvgIpc) is 3.02. The Hall–Kier alpha value is -2.81. The summed E-state index contributed by atoms with van der Waals surface area (Å²) < 4.78 is 12.9. The lowest BCUT2D eigenvalue weighted by Crippen LogP contribution is -2.28. The Bertz CT molecular complexity index is 884. The number of aryl methyl sites for hydroxylation is 1. The van der Waals surface area contributed by atoms with Gasteiger partial charge in [0.1, 0.15) is 7.05 Å². The molecule has 0 N–H and O–H groups in total. The van der Waals surface area contributed by atoms with Gasteiger partial charge < -0.3 is 9.47 Å². The second-order valence-corrected chi connectivity index (χ2v) is 5.35. The van der Waals surface area contributed by atoms with E-state index in [-0.39, 0.29) is 0 Å². The van der Waals surface area contributed by atoms with E-state index in [0.717, 1.165) is 17.1 Å². The summed E-state index contributed by atoms with van der Waals surface area (Å²) in [6.07, 6.45) is 6.32. The van der Waals surface area contributed by atoms with Crippen molar-refractivity contribution in [3.05, 3.63) is 65.9 Å². The van der Waals surface area contributed by atoms with Gasteiger partial charge in [0.2, 0.25) is 12.3 Å². The van der Waals surface area contributed by atoms with E-state index in [2.05, 4.69) is 60.3 Å². The monoisotopic (exact) mass is 290 g/mol. The Morgan fingerprint density at radius 2 is 1.82 bits per heavy atom. The third kappa shape index (κ3) is 2.21. The molecule has 3 heteroatoms. The van der Waals surface area contributed by atoms with E-state index in [1.807, 2.05) is 18.2 Å². The number of pyridine rings is 1. The molecule has 0 bridgehead atoms. The fourth-order valence-corrected chi connectivity index (χ4v) is 2.74. The van der Waals surface area contributed by atoms with Crippen molar-refractivity contribution in [1.82, 2.24) is 0 Å². The summed E-state index contributed by atoms with van der Waals surface area (Å²) in [5.74, 6) is 1.63. The Morgan fingerprint density at radius 3 is 2.77 bits per heavy atom. The molecule has 1 aromatic heterocycles. The summed E-state index contributed by atoms with van der Waals surface area (Å²) in [7, 11) is 2.06. The second-order valence-electron chi connectivity index (χ2n) is 5.35. The zero-order valence-corrected chi connectivity index (χ0v) is 12.3. The van der Waals surface area contributed by atoms with E-state index >= 15 is 0 Å². The van der Waals surface area contributed by atoms with E-state index in [1.54, 1.807) is 0 Å². The minimum atomic E-state index is 0.308. The standard InChI is InChI=1S/C19H16NO2/c1-20-11-10-15(16-4-2-3-5-17(16)20)8-6-14-7-9-18-19(12-14)22-13-21-18/h2-12H,13H2,1H3/q+1/b8-6+. The van der Waals surface area contributed by atoms with Gasteiger partial charge in [-0.05, 0) is 29.3 Å². The zero-order valence-electron chi connectivity index (χ0n) is 12.3. The number of benzene rings is 2. The summed E-state index contributed by atoms with van der Waals surface area (Å²) in [5.41, 5.74) is 3.52. The van der Waals surface area contributed by atoms with Crippen molar-refractivity contribution in [2.45, 2.75) is 0 Å². The van der Waals surface area contributed by atoms with Gasteiger partial charge in [-0.25, -0.2) is 4.57 Å². The molecule has 1 aliphatic heterocycles. The zero-order chi connectivity index (χ0) is 14.9. The molecule has 0 atom stereocenters. The minimum Gasteiger partial charge on any atom is -0.454 e. The number of fused-ring (bicyclic) bond motifs is 2. The number of para-hydroxylation sites is 1. The summed E-state index contributed by atoms with van der Waals surface area (Å²) in [6.45, 7) is 0.308. The van der Waals surface area contributed by atoms with Crippen molar-refractivity contribution in [2.24, 2.45) is 7.05 Å². The van der Waals surface area contributed by atoms with Crippen LogP contribution in [0.15, 0.2) is 54.7 Å². The number of hydrogen-bond acceptors (Lipinski definition) is 2. The van der Waals surface area contributed by atoms with Gasteiger partial charge in [0.05, 0.1) is 5.39 Å². The highest BCUT2D eigenvalue weighted by Gasteiger charge is 2.12. The molecule has 0 saturated heterocycles. The van der Waals surface area contributed by atoms with Crippen molar-refractivity contribution < 1.29 is 14.0 Å². The quantitative estimate of drug-likeness (QED) is 0.673. The van der Waals surface area contributed by atoms with Gasteiger partial charge in [-0.1, -0.05) is 30.4 Å². The van der Waals surface area contributed by atoms with Gasteiger partial charge in [-0.2, -0.15) is 0 Å². The molecule has 2 aromatic carbocycles. The molecule has 0 radical (unpaired) electrons. The number of nitrogens with zero attached hydrogens (tertiary/aromatic N) is 1. The average molecular weight is 290 g/mol. The van der Waals surface area contributed by atoms with Gasteiger partial charge in [-0.15, -0.1) is 0 Å². The summed E-state index contributed by atoms with van der Waals surface area (Å²) in [6, 6.07) is 16.5. The van der Waals surface area contributed by atoms with Crippen LogP contribution < -0.4 is 14.0 Å². The van der Waals surface area contributed by atoms with Crippen molar-refractivity contribution in [2.75, 3.05) is 6.79 Å². The molecule has 22 heavy (non-hydrogen) atoms. The van der Waals surface area contributed by atoms with Crippen LogP contribution in [-0.2, 0) is 7.05 Å². The predicted octanol–water partition coefficient (Wildman–Crippen LogP) is 3.56. The van der Waals surface area contributed by atoms with Crippen molar-refractivity contribution in [3.8, 4) is 11.5 Å². The van der Waals surface area contributed by atoms with Crippen LogP contribution in [0.5, 0.6) is 11.5 Å². The highest BCUT2D eigenvalue weighted by Crippen LogP contribution is 2.33. The van der Waals surface area contributed by atoms with E-state index in [0.29, 0.717) is 6.79 Å². The minimum absolute atomic E-state index is 0.308. The molecule has 1 aliphatic rings. The summed E-state index contributed by atoms with van der Waals surface area (Å²) in [4.78, 5) is 0. The topological polar surface area (TPSA) is 22.3 Å². The van der Waals surface area contributed by atoms with Crippen LogP contribution in [0.25, 0.3) is 23.1 Å². The maximum Gasteiger partial charge on any atom is 0.231 e. The lowest BCUT2D eigenvalue weighted by atomic mass is 10.1. The molecule has 3 nitrogen and oxygen atoms in total. The van der Waals surface area contributed by atoms with Crippen LogP contribution in [0.4, 0.5) is 0 Å². The molecule has 0 aliphatic carbocycles. The van der Waals surface area contributed by atoms with Gasteiger partial charge in [0, 0.05) is 12.1 Å². The number of aromatic nitrogens is 1. The molecular weight excluding hydrogens is 274 g/mol. The SMILES string of the molecule is C[n+]1ccc(/C=C/c2ccc3c(c2)OCO3)c2ccccc21. The fraction of sp³-hybridized carbons (Fsp3) is 0.105. The number of hydrogen-bond donors (Lipinski definition) is 0. The molecule has 0 saturated carbocycles. The number of ether oxygens (including phenoxy) is 2. The van der Waals surface area contributed by atoms with Gasteiger partial charge in [0.15, 0.2) is 17.7 Å². The van der Waals surface area contributed by atoms with E-state index in [1.165, 1.54) is 16.5 Å². The maximum absolute atomic E-state index is 5.42. The Labute approximate surface area is 129 Å². The predicted molar refractivity (Wildman–Crippen MR) is 86.6 cm³/mol. The molecule has 108 valence electrons. The molecule has 0 fully saturated rings. The molecule has 4 rings (SSSR count). The third-order valence-corrected chi connectivity index (χ3v) is 3.92. The lowest BCUT2D eigenvalue weighted by molar-refractivity contribution is -0.644. The van der Waals surface area contributed by atoms with Crippen LogP contribution in [0.1, 0.15) is 11.1 Å². The van der Waals surface area contributed by atoms with E-state index in [9.17, 15) is 0 Å². The molecule has 0 spiro atoms. The molecule has 0 amide bonds. The van der Waals surface area contributed by atoms with E-state index in [4.69, 9.17) is 9.47 Å². The number of rotatable bonds is 2. The smallest absolute Gasteiger partial charge is 0.231 e. The second kappa shape index (κ2) is 5.19. The maximum atomic E-state index is 5.42. The third-order valence-electron chi connectivity index (χ3n) is 3.92. The normalized spacial score (nSPS) is 13.1. The fourth-order valence-electron chi connectivity index (χ4n) is 2.74. The Kier molecular flexibility index (Phi) is 3.04. The van der Waals surface area contributed by atoms with Gasteiger partial charge >= 0.3 is 0 Å². The first-order valence-electron chi connectivity index (χ1n) is 7.26. The van der Waals surface area contributed by atoms with E-state index < -0.39 is 0 Å². The molecule has 3 aromatic rings. The van der Waals surface area contributed by atoms with Crippen LogP contribution in [0, 0.1) is 0 Å². The first kappa shape index (κ1) is 12.9. The van der Waals surface area contributed by atoms with Crippen LogP contribution in [-0.4, -0.2) is 6.79 Å². The molecule has 0 unspecified atom stereocenters. The largest absolute Gasteiger partial charge is 0.454 e. The van der Waals surface area contributed by atoms with Gasteiger partial charge in [-0.3, -0.25) is 0 Å². The summed E-state index contributed by atoms with van der Waals surface area (Å²) >= 11 is 0. The summed E-state index contributed by atoms with van der Waals surface area (Å²) in [5, 5.41) is 1.24. The molecular formula is C19H16NO2+. The van der Waals surface area contributed by atoms with Crippen LogP contribution in [0.2, 0.25) is 0 Å². The lowest BCUT2D eigenvalue weighted by Gasteiger charge is -2.01. The van der Waals surface area contributed by atoms with Crippen molar-refractivity contribution in [1.29, 1.82) is 0 Å². The molecule has 2 heterocycles. The highest BCUT2D eigenvalue weighted by molar-refractivity contribution is 5.88. The van der Waals surface area contributed by atoms with Crippen LogP contribution in [0.3, 0.4) is 0 Å². The first-order chi connectivity index (χ1) is 10.8. The van der Waals surface area contributed by atoms with Crippen molar-refractivity contribution in [3.63, 3.8) is 0 Å². The Morgan fingerprint density at radius 1 is 0.955 bits per heavy atom. The first-order valence-corrected chi connectivity index (χ1v) is 7.26.